The minimum Gasteiger partial charge on any atom is -0.355 e. The highest BCUT2D eigenvalue weighted by atomic mass is 16.2. The summed E-state index contributed by atoms with van der Waals surface area (Å²) in [5, 5.41) is 3.07. The van der Waals surface area contributed by atoms with Crippen molar-refractivity contribution in [2.75, 3.05) is 19.6 Å². The van der Waals surface area contributed by atoms with Crippen molar-refractivity contribution in [2.24, 2.45) is 5.92 Å². The van der Waals surface area contributed by atoms with Crippen molar-refractivity contribution in [3.8, 4) is 0 Å². The van der Waals surface area contributed by atoms with E-state index >= 15 is 0 Å². The first-order chi connectivity index (χ1) is 10.6. The smallest absolute Gasteiger partial charge is 0.234 e. The van der Waals surface area contributed by atoms with Gasteiger partial charge in [0.25, 0.3) is 0 Å². The molecular formula is C19H28N2O. The maximum atomic E-state index is 12.1. The van der Waals surface area contributed by atoms with E-state index in [1.165, 1.54) is 30.4 Å². The van der Waals surface area contributed by atoms with E-state index in [0.29, 0.717) is 18.5 Å². The molecule has 1 saturated heterocycles. The Hall–Kier alpha value is -1.35. The highest BCUT2D eigenvalue weighted by Gasteiger charge is 2.38. The molecule has 3 heteroatoms. The van der Waals surface area contributed by atoms with Crippen molar-refractivity contribution in [3.05, 3.63) is 35.4 Å². The number of piperidine rings is 1. The standard InChI is InChI=1S/C19H28N2O/c1-14(2)17-6-3-15(4-7-17)9-10-20-19(22)13-21-12-16-5-8-18(21)11-16/h3-4,6-7,14,16,18H,5,8-13H2,1-2H3,(H,20,22). The van der Waals surface area contributed by atoms with Gasteiger partial charge < -0.3 is 5.32 Å². The van der Waals surface area contributed by atoms with E-state index in [1.807, 2.05) is 0 Å². The molecule has 2 bridgehead atoms. The maximum absolute atomic E-state index is 12.1. The van der Waals surface area contributed by atoms with Crippen LogP contribution in [0.1, 0.15) is 50.2 Å². The van der Waals surface area contributed by atoms with Crippen molar-refractivity contribution in [1.82, 2.24) is 10.2 Å². The van der Waals surface area contributed by atoms with Crippen molar-refractivity contribution >= 4 is 5.91 Å². The zero-order chi connectivity index (χ0) is 15.5. The lowest BCUT2D eigenvalue weighted by atomic mass is 10.0. The number of nitrogens with zero attached hydrogens (tertiary/aromatic N) is 1. The van der Waals surface area contributed by atoms with E-state index in [1.54, 1.807) is 0 Å². The Kier molecular flexibility index (Phi) is 4.82. The number of nitrogens with one attached hydrogen (secondary N) is 1. The van der Waals surface area contributed by atoms with Gasteiger partial charge in [-0.1, -0.05) is 38.1 Å². The second-order valence-electron chi connectivity index (χ2n) is 7.26. The lowest BCUT2D eigenvalue weighted by Crippen LogP contribution is -2.41. The van der Waals surface area contributed by atoms with Gasteiger partial charge in [-0.2, -0.15) is 0 Å². The predicted molar refractivity (Wildman–Crippen MR) is 89.9 cm³/mol. The normalized spacial score (nSPS) is 24.1. The molecule has 0 radical (unpaired) electrons. The maximum Gasteiger partial charge on any atom is 0.234 e. The first kappa shape index (κ1) is 15.5. The van der Waals surface area contributed by atoms with Crippen LogP contribution in [0.15, 0.2) is 24.3 Å². The fourth-order valence-electron chi connectivity index (χ4n) is 3.88. The zero-order valence-corrected chi connectivity index (χ0v) is 13.8. The Labute approximate surface area is 134 Å². The SMILES string of the molecule is CC(C)c1ccc(CCNC(=O)CN2CC3CCC2C3)cc1. The van der Waals surface area contributed by atoms with Gasteiger partial charge in [0.2, 0.25) is 5.91 Å². The van der Waals surface area contributed by atoms with Crippen LogP contribution in [-0.4, -0.2) is 36.5 Å². The molecule has 3 rings (SSSR count). The van der Waals surface area contributed by atoms with E-state index in [-0.39, 0.29) is 5.91 Å². The average molecular weight is 300 g/mol. The molecule has 120 valence electrons. The van der Waals surface area contributed by atoms with E-state index in [4.69, 9.17) is 0 Å². The highest BCUT2D eigenvalue weighted by molar-refractivity contribution is 5.78. The third kappa shape index (κ3) is 3.70. The number of hydrogen-bond acceptors (Lipinski definition) is 2. The Morgan fingerprint density at radius 1 is 1.27 bits per heavy atom. The predicted octanol–water partition coefficient (Wildman–Crippen LogP) is 2.95. The largest absolute Gasteiger partial charge is 0.355 e. The van der Waals surface area contributed by atoms with Crippen LogP contribution in [0.5, 0.6) is 0 Å². The topological polar surface area (TPSA) is 32.3 Å². The quantitative estimate of drug-likeness (QED) is 0.876. The monoisotopic (exact) mass is 300 g/mol. The summed E-state index contributed by atoms with van der Waals surface area (Å²) < 4.78 is 0. The molecular weight excluding hydrogens is 272 g/mol. The molecule has 2 unspecified atom stereocenters. The van der Waals surface area contributed by atoms with Gasteiger partial charge in [0.1, 0.15) is 0 Å². The summed E-state index contributed by atoms with van der Waals surface area (Å²) in [6.07, 6.45) is 4.89. The van der Waals surface area contributed by atoms with Crippen LogP contribution in [0.3, 0.4) is 0 Å². The van der Waals surface area contributed by atoms with Gasteiger partial charge >= 0.3 is 0 Å². The summed E-state index contributed by atoms with van der Waals surface area (Å²) in [5.74, 6) is 1.62. The molecule has 3 nitrogen and oxygen atoms in total. The van der Waals surface area contributed by atoms with E-state index in [9.17, 15) is 4.79 Å². The molecule has 2 atom stereocenters. The number of carbonyl (C=O) groups excluding carboxylic acids is 1. The summed E-state index contributed by atoms with van der Waals surface area (Å²) in [7, 11) is 0. The summed E-state index contributed by atoms with van der Waals surface area (Å²) in [6, 6.07) is 9.44. The van der Waals surface area contributed by atoms with Crippen LogP contribution in [-0.2, 0) is 11.2 Å². The number of benzene rings is 1. The Bertz CT molecular complexity index is 509. The number of carbonyl (C=O) groups is 1. The highest BCUT2D eigenvalue weighted by Crippen LogP contribution is 2.36. The molecule has 1 aliphatic carbocycles. The Morgan fingerprint density at radius 3 is 2.64 bits per heavy atom. The van der Waals surface area contributed by atoms with Crippen molar-refractivity contribution < 1.29 is 4.79 Å². The molecule has 1 amide bonds. The number of hydrogen-bond donors (Lipinski definition) is 1. The lowest BCUT2D eigenvalue weighted by molar-refractivity contribution is -0.122. The first-order valence-electron chi connectivity index (χ1n) is 8.71. The van der Waals surface area contributed by atoms with Crippen LogP contribution < -0.4 is 5.32 Å². The van der Waals surface area contributed by atoms with E-state index in [2.05, 4.69) is 48.3 Å². The average Bonchev–Trinajstić information content (AvgIpc) is 3.10. The van der Waals surface area contributed by atoms with Crippen LogP contribution in [0.25, 0.3) is 0 Å². The number of fused-ring (bicyclic) bond motifs is 2. The summed E-state index contributed by atoms with van der Waals surface area (Å²) in [4.78, 5) is 14.4. The lowest BCUT2D eigenvalue weighted by Gasteiger charge is -2.25. The number of likely N-dealkylation sites (tertiary alicyclic amines) is 1. The summed E-state index contributed by atoms with van der Waals surface area (Å²) in [6.45, 7) is 6.88. The number of amides is 1. The molecule has 1 aromatic rings. The van der Waals surface area contributed by atoms with Crippen LogP contribution >= 0.6 is 0 Å². The summed E-state index contributed by atoms with van der Waals surface area (Å²) in [5.41, 5.74) is 2.67. The third-order valence-electron chi connectivity index (χ3n) is 5.25. The van der Waals surface area contributed by atoms with Gasteiger partial charge in [0.15, 0.2) is 0 Å². The fourth-order valence-corrected chi connectivity index (χ4v) is 3.88. The van der Waals surface area contributed by atoms with Crippen molar-refractivity contribution in [1.29, 1.82) is 0 Å². The van der Waals surface area contributed by atoms with E-state index in [0.717, 1.165) is 25.4 Å². The fraction of sp³-hybridized carbons (Fsp3) is 0.632. The molecule has 0 aromatic heterocycles. The van der Waals surface area contributed by atoms with Gasteiger partial charge in [-0.3, -0.25) is 9.69 Å². The molecule has 1 aliphatic heterocycles. The van der Waals surface area contributed by atoms with Gasteiger partial charge in [-0.15, -0.1) is 0 Å². The van der Waals surface area contributed by atoms with Crippen LogP contribution in [0.4, 0.5) is 0 Å². The van der Waals surface area contributed by atoms with Gasteiger partial charge in [-0.05, 0) is 48.6 Å². The zero-order valence-electron chi connectivity index (χ0n) is 13.8. The Morgan fingerprint density at radius 2 is 2.05 bits per heavy atom. The molecule has 1 N–H and O–H groups in total. The molecule has 1 aromatic carbocycles. The molecule has 22 heavy (non-hydrogen) atoms. The molecule has 2 aliphatic rings. The van der Waals surface area contributed by atoms with Crippen LogP contribution in [0.2, 0.25) is 0 Å². The summed E-state index contributed by atoms with van der Waals surface area (Å²) >= 11 is 0. The molecule has 1 saturated carbocycles. The van der Waals surface area contributed by atoms with Crippen molar-refractivity contribution in [3.63, 3.8) is 0 Å². The molecule has 2 fully saturated rings. The van der Waals surface area contributed by atoms with Gasteiger partial charge in [0.05, 0.1) is 6.54 Å². The first-order valence-corrected chi connectivity index (χ1v) is 8.71. The molecule has 1 heterocycles. The van der Waals surface area contributed by atoms with Gasteiger partial charge in [0, 0.05) is 19.1 Å². The Balaban J connectivity index is 1.38. The second-order valence-corrected chi connectivity index (χ2v) is 7.26. The van der Waals surface area contributed by atoms with E-state index < -0.39 is 0 Å². The van der Waals surface area contributed by atoms with Gasteiger partial charge in [-0.25, -0.2) is 0 Å². The minimum absolute atomic E-state index is 0.186. The molecule has 0 spiro atoms. The number of rotatable bonds is 6. The third-order valence-corrected chi connectivity index (χ3v) is 5.25. The second kappa shape index (κ2) is 6.82. The van der Waals surface area contributed by atoms with Crippen molar-refractivity contribution in [2.45, 2.75) is 51.5 Å². The minimum atomic E-state index is 0.186. The van der Waals surface area contributed by atoms with Crippen LogP contribution in [0, 0.1) is 5.92 Å².